The average Bonchev–Trinajstić information content (AvgIpc) is 2.85. The highest BCUT2D eigenvalue weighted by Crippen LogP contribution is 2.15. The van der Waals surface area contributed by atoms with Crippen molar-refractivity contribution in [3.63, 3.8) is 0 Å². The Balaban J connectivity index is 2.09. The molecule has 108 valence electrons. The molecule has 3 heteroatoms. The molecule has 0 aliphatic heterocycles. The summed E-state index contributed by atoms with van der Waals surface area (Å²) >= 11 is 0. The maximum absolute atomic E-state index is 4.29. The molecule has 0 fully saturated rings. The Morgan fingerprint density at radius 1 is 1.15 bits per heavy atom. The molecule has 1 heterocycles. The van der Waals surface area contributed by atoms with Crippen molar-refractivity contribution < 1.29 is 0 Å². The highest BCUT2D eigenvalue weighted by molar-refractivity contribution is 5.21. The van der Waals surface area contributed by atoms with Crippen molar-refractivity contribution in [2.45, 2.75) is 53.2 Å². The smallest absolute Gasteiger partial charge is 0.103 e. The lowest BCUT2D eigenvalue weighted by atomic mass is 10.1. The van der Waals surface area contributed by atoms with E-state index in [0.29, 0.717) is 6.04 Å². The van der Waals surface area contributed by atoms with E-state index in [2.05, 4.69) is 59.9 Å². The lowest BCUT2D eigenvalue weighted by Gasteiger charge is -2.28. The summed E-state index contributed by atoms with van der Waals surface area (Å²) in [6.45, 7) is 10.6. The molecule has 0 radical (unpaired) electrons. The first-order valence-electron chi connectivity index (χ1n) is 7.38. The van der Waals surface area contributed by atoms with Gasteiger partial charge in [0.25, 0.3) is 0 Å². The van der Waals surface area contributed by atoms with Crippen LogP contribution in [0.25, 0.3) is 0 Å². The summed E-state index contributed by atoms with van der Waals surface area (Å²) in [5, 5.41) is 0. The lowest BCUT2D eigenvalue weighted by Crippen LogP contribution is -2.31. The maximum Gasteiger partial charge on any atom is 0.103 e. The fourth-order valence-electron chi connectivity index (χ4n) is 2.32. The first kappa shape index (κ1) is 14.8. The van der Waals surface area contributed by atoms with E-state index in [1.165, 1.54) is 16.8 Å². The number of nitrogens with zero attached hydrogens (tertiary/aromatic N) is 2. The van der Waals surface area contributed by atoms with Gasteiger partial charge in [0, 0.05) is 31.0 Å². The number of H-pyrrole nitrogens is 1. The van der Waals surface area contributed by atoms with Gasteiger partial charge in [0.2, 0.25) is 0 Å². The predicted molar refractivity (Wildman–Crippen MR) is 83.5 cm³/mol. The summed E-state index contributed by atoms with van der Waals surface area (Å²) in [7, 11) is 0. The highest BCUT2D eigenvalue weighted by Gasteiger charge is 2.14. The van der Waals surface area contributed by atoms with Gasteiger partial charge in [-0.05, 0) is 32.8 Å². The minimum absolute atomic E-state index is 0.555. The molecule has 20 heavy (non-hydrogen) atoms. The number of rotatable bonds is 6. The van der Waals surface area contributed by atoms with Crippen molar-refractivity contribution >= 4 is 0 Å². The number of hydrogen-bond acceptors (Lipinski definition) is 2. The molecule has 0 bridgehead atoms. The fourth-order valence-corrected chi connectivity index (χ4v) is 2.32. The summed E-state index contributed by atoms with van der Waals surface area (Å²) in [4.78, 5) is 10.1. The molecule has 0 aliphatic rings. The SMILES string of the molecule is CC[C@H](C)N(Cc1ccc(C)cc1)Cc1cnc(C)[nH]1. The van der Waals surface area contributed by atoms with Crippen LogP contribution in [-0.4, -0.2) is 20.9 Å². The molecule has 3 nitrogen and oxygen atoms in total. The minimum Gasteiger partial charge on any atom is -0.345 e. The number of hydrogen-bond donors (Lipinski definition) is 1. The van der Waals surface area contributed by atoms with Crippen LogP contribution >= 0.6 is 0 Å². The molecule has 0 aliphatic carbocycles. The highest BCUT2D eigenvalue weighted by atomic mass is 15.2. The van der Waals surface area contributed by atoms with Gasteiger partial charge in [0.1, 0.15) is 5.82 Å². The Morgan fingerprint density at radius 3 is 2.40 bits per heavy atom. The van der Waals surface area contributed by atoms with Crippen LogP contribution in [0, 0.1) is 13.8 Å². The van der Waals surface area contributed by atoms with Crippen LogP contribution < -0.4 is 0 Å². The average molecular weight is 271 g/mol. The van der Waals surface area contributed by atoms with E-state index >= 15 is 0 Å². The zero-order chi connectivity index (χ0) is 14.5. The number of imidazole rings is 1. The molecule has 0 spiro atoms. The van der Waals surface area contributed by atoms with Crippen molar-refractivity contribution in [1.82, 2.24) is 14.9 Å². The summed E-state index contributed by atoms with van der Waals surface area (Å²) in [6, 6.07) is 9.38. The zero-order valence-corrected chi connectivity index (χ0v) is 13.0. The van der Waals surface area contributed by atoms with Crippen LogP contribution in [0.4, 0.5) is 0 Å². The van der Waals surface area contributed by atoms with Crippen LogP contribution in [0.5, 0.6) is 0 Å². The minimum atomic E-state index is 0.555. The molecular weight excluding hydrogens is 246 g/mol. The third kappa shape index (κ3) is 3.94. The Kier molecular flexibility index (Phi) is 4.96. The first-order valence-corrected chi connectivity index (χ1v) is 7.38. The molecule has 0 unspecified atom stereocenters. The van der Waals surface area contributed by atoms with Gasteiger partial charge >= 0.3 is 0 Å². The van der Waals surface area contributed by atoms with Crippen LogP contribution in [0.3, 0.4) is 0 Å². The molecule has 0 saturated heterocycles. The van der Waals surface area contributed by atoms with Gasteiger partial charge in [-0.15, -0.1) is 0 Å². The van der Waals surface area contributed by atoms with Gasteiger partial charge < -0.3 is 4.98 Å². The summed E-state index contributed by atoms with van der Waals surface area (Å²) < 4.78 is 0. The number of nitrogens with one attached hydrogen (secondary N) is 1. The number of benzene rings is 1. The Morgan fingerprint density at radius 2 is 1.85 bits per heavy atom. The van der Waals surface area contributed by atoms with E-state index in [9.17, 15) is 0 Å². The van der Waals surface area contributed by atoms with E-state index in [1.807, 2.05) is 13.1 Å². The third-order valence-electron chi connectivity index (χ3n) is 3.85. The Hall–Kier alpha value is -1.61. The monoisotopic (exact) mass is 271 g/mol. The number of aromatic amines is 1. The van der Waals surface area contributed by atoms with E-state index < -0.39 is 0 Å². The first-order chi connectivity index (χ1) is 9.58. The fraction of sp³-hybridized carbons (Fsp3) is 0.471. The van der Waals surface area contributed by atoms with Crippen molar-refractivity contribution in [2.24, 2.45) is 0 Å². The molecule has 0 amide bonds. The maximum atomic E-state index is 4.29. The van der Waals surface area contributed by atoms with Crippen molar-refractivity contribution in [2.75, 3.05) is 0 Å². The predicted octanol–water partition coefficient (Wildman–Crippen LogP) is 3.83. The zero-order valence-electron chi connectivity index (χ0n) is 13.0. The number of aryl methyl sites for hydroxylation is 2. The van der Waals surface area contributed by atoms with Gasteiger partial charge in [0.15, 0.2) is 0 Å². The largest absolute Gasteiger partial charge is 0.345 e. The summed E-state index contributed by atoms with van der Waals surface area (Å²) in [5.41, 5.74) is 3.87. The molecule has 1 N–H and O–H groups in total. The van der Waals surface area contributed by atoms with Crippen LogP contribution in [0.15, 0.2) is 30.5 Å². The van der Waals surface area contributed by atoms with Gasteiger partial charge in [-0.3, -0.25) is 4.90 Å². The summed E-state index contributed by atoms with van der Waals surface area (Å²) in [6.07, 6.45) is 3.10. The van der Waals surface area contributed by atoms with E-state index in [-0.39, 0.29) is 0 Å². The van der Waals surface area contributed by atoms with Crippen molar-refractivity contribution in [1.29, 1.82) is 0 Å². The second-order valence-electron chi connectivity index (χ2n) is 5.64. The quantitative estimate of drug-likeness (QED) is 0.866. The molecular formula is C17H25N3. The molecule has 2 rings (SSSR count). The molecule has 1 aromatic carbocycles. The standard InChI is InChI=1S/C17H25N3/c1-5-14(3)20(12-17-10-18-15(4)19-17)11-16-8-6-13(2)7-9-16/h6-10,14H,5,11-12H2,1-4H3,(H,18,19)/t14-/m0/s1. The lowest BCUT2D eigenvalue weighted by molar-refractivity contribution is 0.184. The van der Waals surface area contributed by atoms with Gasteiger partial charge in [-0.1, -0.05) is 36.8 Å². The van der Waals surface area contributed by atoms with E-state index in [0.717, 1.165) is 25.3 Å². The van der Waals surface area contributed by atoms with Crippen molar-refractivity contribution in [3.8, 4) is 0 Å². The van der Waals surface area contributed by atoms with Gasteiger partial charge in [-0.2, -0.15) is 0 Å². The van der Waals surface area contributed by atoms with Crippen LogP contribution in [-0.2, 0) is 13.1 Å². The van der Waals surface area contributed by atoms with Crippen molar-refractivity contribution in [3.05, 3.63) is 53.1 Å². The Bertz CT molecular complexity index is 527. The van der Waals surface area contributed by atoms with Crippen LogP contribution in [0.2, 0.25) is 0 Å². The Labute approximate surface area is 122 Å². The topological polar surface area (TPSA) is 31.9 Å². The molecule has 0 saturated carbocycles. The molecule has 1 atom stereocenters. The second kappa shape index (κ2) is 6.71. The van der Waals surface area contributed by atoms with Gasteiger partial charge in [-0.25, -0.2) is 4.98 Å². The second-order valence-corrected chi connectivity index (χ2v) is 5.64. The normalized spacial score (nSPS) is 12.8. The molecule has 2 aromatic rings. The third-order valence-corrected chi connectivity index (χ3v) is 3.85. The number of aromatic nitrogens is 2. The summed E-state index contributed by atoms with van der Waals surface area (Å²) in [5.74, 6) is 0.986. The van der Waals surface area contributed by atoms with Gasteiger partial charge in [0.05, 0.1) is 0 Å². The van der Waals surface area contributed by atoms with Crippen LogP contribution in [0.1, 0.15) is 42.9 Å². The molecule has 1 aromatic heterocycles. The van der Waals surface area contributed by atoms with E-state index in [1.54, 1.807) is 0 Å². The van der Waals surface area contributed by atoms with E-state index in [4.69, 9.17) is 0 Å².